The molecule has 0 atom stereocenters. The van der Waals surface area contributed by atoms with Crippen molar-refractivity contribution in [3.8, 4) is 0 Å². The van der Waals surface area contributed by atoms with Crippen molar-refractivity contribution >= 4 is 11.0 Å². The minimum Gasteiger partial charge on any atom is -0.346 e. The Morgan fingerprint density at radius 1 is 1.11 bits per heavy atom. The summed E-state index contributed by atoms with van der Waals surface area (Å²) >= 11 is 0. The second kappa shape index (κ2) is 3.56. The second-order valence-electron chi connectivity index (χ2n) is 5.73. The van der Waals surface area contributed by atoms with Crippen molar-refractivity contribution in [1.82, 2.24) is 9.97 Å². The lowest BCUT2D eigenvalue weighted by Gasteiger charge is -2.30. The molecule has 0 unspecified atom stereocenters. The third kappa shape index (κ3) is 1.56. The van der Waals surface area contributed by atoms with Crippen molar-refractivity contribution in [3.05, 3.63) is 30.1 Å². The van der Waals surface area contributed by atoms with E-state index in [2.05, 4.69) is 37.7 Å². The third-order valence-electron chi connectivity index (χ3n) is 4.00. The summed E-state index contributed by atoms with van der Waals surface area (Å²) in [6, 6.07) is 3.96. The predicted octanol–water partition coefficient (Wildman–Crippen LogP) is 3.17. The quantitative estimate of drug-likeness (QED) is 0.840. The summed E-state index contributed by atoms with van der Waals surface area (Å²) in [4.78, 5) is 7.38. The first-order valence-corrected chi connectivity index (χ1v) is 6.18. The van der Waals surface area contributed by atoms with Crippen molar-refractivity contribution in [3.63, 3.8) is 0 Å². The summed E-state index contributed by atoms with van der Waals surface area (Å²) < 4.78 is 12.1. The van der Waals surface area contributed by atoms with E-state index >= 15 is 0 Å². The summed E-state index contributed by atoms with van der Waals surface area (Å²) in [5, 5.41) is 1.05. The van der Waals surface area contributed by atoms with Crippen LogP contribution in [0.15, 0.2) is 24.5 Å². The lowest BCUT2D eigenvalue weighted by molar-refractivity contribution is -0.0886. The Kier molecular flexibility index (Phi) is 2.31. The van der Waals surface area contributed by atoms with Gasteiger partial charge in [-0.15, -0.1) is 0 Å². The van der Waals surface area contributed by atoms with Crippen LogP contribution in [-0.2, 0) is 9.47 Å². The SMILES string of the molecule is CC1(C)OC(c2ccnc3[nH]ccc23)OC1(C)C. The van der Waals surface area contributed by atoms with E-state index in [0.29, 0.717) is 0 Å². The molecular formula is C14H18N2O2. The van der Waals surface area contributed by atoms with E-state index in [1.165, 1.54) is 0 Å². The molecule has 4 nitrogen and oxygen atoms in total. The Balaban J connectivity index is 2.05. The van der Waals surface area contributed by atoms with Crippen LogP contribution in [0.2, 0.25) is 0 Å². The van der Waals surface area contributed by atoms with Crippen LogP contribution in [0.3, 0.4) is 0 Å². The van der Waals surface area contributed by atoms with Gasteiger partial charge in [0.05, 0.1) is 11.2 Å². The number of hydrogen-bond donors (Lipinski definition) is 1. The zero-order chi connectivity index (χ0) is 13.0. The molecule has 1 aliphatic rings. The minimum atomic E-state index is -0.337. The van der Waals surface area contributed by atoms with Crippen LogP contribution in [-0.4, -0.2) is 21.2 Å². The van der Waals surface area contributed by atoms with Crippen molar-refractivity contribution in [2.45, 2.75) is 45.2 Å². The lowest BCUT2D eigenvalue weighted by Crippen LogP contribution is -2.41. The molecule has 1 aliphatic heterocycles. The summed E-state index contributed by atoms with van der Waals surface area (Å²) in [6.45, 7) is 8.23. The van der Waals surface area contributed by atoms with E-state index in [1.807, 2.05) is 18.3 Å². The van der Waals surface area contributed by atoms with Gasteiger partial charge in [0.2, 0.25) is 0 Å². The smallest absolute Gasteiger partial charge is 0.186 e. The highest BCUT2D eigenvalue weighted by molar-refractivity contribution is 5.79. The van der Waals surface area contributed by atoms with Gasteiger partial charge in [0.1, 0.15) is 5.65 Å². The van der Waals surface area contributed by atoms with Gasteiger partial charge in [-0.05, 0) is 39.8 Å². The maximum Gasteiger partial charge on any atom is 0.186 e. The molecule has 0 aromatic carbocycles. The molecule has 0 amide bonds. The summed E-state index contributed by atoms with van der Waals surface area (Å²) in [7, 11) is 0. The number of H-pyrrole nitrogens is 1. The Morgan fingerprint density at radius 2 is 1.78 bits per heavy atom. The second-order valence-corrected chi connectivity index (χ2v) is 5.73. The highest BCUT2D eigenvalue weighted by atomic mass is 16.7. The molecule has 1 saturated heterocycles. The first-order chi connectivity index (χ1) is 8.41. The van der Waals surface area contributed by atoms with Crippen molar-refractivity contribution in [1.29, 1.82) is 0 Å². The van der Waals surface area contributed by atoms with E-state index in [9.17, 15) is 0 Å². The van der Waals surface area contributed by atoms with Crippen LogP contribution in [0.1, 0.15) is 39.5 Å². The molecular weight excluding hydrogens is 228 g/mol. The molecule has 18 heavy (non-hydrogen) atoms. The third-order valence-corrected chi connectivity index (χ3v) is 4.00. The molecule has 0 saturated carbocycles. The molecule has 2 aromatic rings. The number of nitrogens with one attached hydrogen (secondary N) is 1. The zero-order valence-electron chi connectivity index (χ0n) is 11.2. The molecule has 0 spiro atoms. The summed E-state index contributed by atoms with van der Waals surface area (Å²) in [5.41, 5.74) is 1.26. The van der Waals surface area contributed by atoms with Crippen LogP contribution in [0.5, 0.6) is 0 Å². The van der Waals surface area contributed by atoms with Crippen molar-refractivity contribution < 1.29 is 9.47 Å². The normalized spacial score (nSPS) is 22.7. The average molecular weight is 246 g/mol. The van der Waals surface area contributed by atoms with Gasteiger partial charge >= 0.3 is 0 Å². The predicted molar refractivity (Wildman–Crippen MR) is 69.2 cm³/mol. The monoisotopic (exact) mass is 246 g/mol. The fraction of sp³-hybridized carbons (Fsp3) is 0.500. The number of aromatic nitrogens is 2. The Morgan fingerprint density at radius 3 is 2.44 bits per heavy atom. The van der Waals surface area contributed by atoms with Gasteiger partial charge < -0.3 is 14.5 Å². The molecule has 0 aliphatic carbocycles. The number of hydrogen-bond acceptors (Lipinski definition) is 3. The molecule has 0 bridgehead atoms. The topological polar surface area (TPSA) is 47.1 Å². The van der Waals surface area contributed by atoms with Gasteiger partial charge in [-0.2, -0.15) is 0 Å². The Hall–Kier alpha value is -1.39. The molecule has 4 heteroatoms. The van der Waals surface area contributed by atoms with Crippen LogP contribution < -0.4 is 0 Å². The average Bonchev–Trinajstić information content (AvgIpc) is 2.81. The van der Waals surface area contributed by atoms with Gasteiger partial charge in [-0.1, -0.05) is 0 Å². The first kappa shape index (κ1) is 11.7. The number of nitrogens with zero attached hydrogens (tertiary/aromatic N) is 1. The standard InChI is InChI=1S/C14H18N2O2/c1-13(2)14(3,4)18-12(17-13)10-6-8-16-11-9(10)5-7-15-11/h5-8,12H,1-4H3,(H,15,16). The van der Waals surface area contributed by atoms with Gasteiger partial charge in [-0.3, -0.25) is 0 Å². The van der Waals surface area contributed by atoms with Crippen molar-refractivity contribution in [2.75, 3.05) is 0 Å². The number of pyridine rings is 1. The summed E-state index contributed by atoms with van der Waals surface area (Å²) in [6.07, 6.45) is 3.32. The van der Waals surface area contributed by atoms with Gasteiger partial charge in [0.15, 0.2) is 6.29 Å². The number of rotatable bonds is 1. The molecule has 96 valence electrons. The van der Waals surface area contributed by atoms with Crippen LogP contribution in [0.25, 0.3) is 11.0 Å². The van der Waals surface area contributed by atoms with Crippen molar-refractivity contribution in [2.24, 2.45) is 0 Å². The fourth-order valence-electron chi connectivity index (χ4n) is 2.16. The van der Waals surface area contributed by atoms with Crippen LogP contribution in [0.4, 0.5) is 0 Å². The van der Waals surface area contributed by atoms with Crippen LogP contribution >= 0.6 is 0 Å². The Labute approximate surface area is 106 Å². The minimum absolute atomic E-state index is 0.316. The molecule has 3 heterocycles. The van der Waals surface area contributed by atoms with Gasteiger partial charge in [-0.25, -0.2) is 4.98 Å². The Bertz CT molecular complexity index is 570. The number of ether oxygens (including phenoxy) is 2. The lowest BCUT2D eigenvalue weighted by atomic mass is 9.90. The van der Waals surface area contributed by atoms with E-state index in [0.717, 1.165) is 16.6 Å². The van der Waals surface area contributed by atoms with Gasteiger partial charge in [0.25, 0.3) is 0 Å². The summed E-state index contributed by atoms with van der Waals surface area (Å²) in [5.74, 6) is 0. The number of aromatic amines is 1. The molecule has 0 radical (unpaired) electrons. The maximum atomic E-state index is 6.06. The maximum absolute atomic E-state index is 6.06. The molecule has 1 N–H and O–H groups in total. The van der Waals surface area contributed by atoms with Crippen LogP contribution in [0, 0.1) is 0 Å². The molecule has 3 rings (SSSR count). The van der Waals surface area contributed by atoms with E-state index in [4.69, 9.17) is 9.47 Å². The molecule has 1 fully saturated rings. The highest BCUT2D eigenvalue weighted by Gasteiger charge is 2.49. The molecule has 2 aromatic heterocycles. The van der Waals surface area contributed by atoms with E-state index in [-0.39, 0.29) is 17.5 Å². The zero-order valence-corrected chi connectivity index (χ0v) is 11.2. The van der Waals surface area contributed by atoms with Gasteiger partial charge in [0, 0.05) is 23.3 Å². The van der Waals surface area contributed by atoms with E-state index < -0.39 is 0 Å². The highest BCUT2D eigenvalue weighted by Crippen LogP contribution is 2.45. The first-order valence-electron chi connectivity index (χ1n) is 6.18. The number of fused-ring (bicyclic) bond motifs is 1. The fourth-order valence-corrected chi connectivity index (χ4v) is 2.16. The largest absolute Gasteiger partial charge is 0.346 e. The van der Waals surface area contributed by atoms with E-state index in [1.54, 1.807) is 6.20 Å².